The number of nitrogens with zero attached hydrogens (tertiary/aromatic N) is 3. The van der Waals surface area contributed by atoms with E-state index in [-0.39, 0.29) is 29.3 Å². The Kier molecular flexibility index (Phi) is 5.45. The van der Waals surface area contributed by atoms with Crippen LogP contribution < -0.4 is 5.32 Å². The predicted molar refractivity (Wildman–Crippen MR) is 107 cm³/mol. The molecule has 3 aliphatic rings. The summed E-state index contributed by atoms with van der Waals surface area (Å²) in [7, 11) is 0. The molecule has 28 heavy (non-hydrogen) atoms. The maximum absolute atomic E-state index is 13.1. The average molecular weight is 388 g/mol. The van der Waals surface area contributed by atoms with E-state index in [0.717, 1.165) is 76.1 Å². The lowest BCUT2D eigenvalue weighted by Crippen LogP contribution is -2.62. The number of amides is 2. The zero-order valence-corrected chi connectivity index (χ0v) is 17.2. The van der Waals surface area contributed by atoms with Crippen LogP contribution in [0.1, 0.15) is 63.8 Å². The molecule has 0 aliphatic carbocycles. The molecule has 0 aromatic carbocycles. The number of H-pyrrole nitrogens is 1. The van der Waals surface area contributed by atoms with E-state index in [4.69, 9.17) is 0 Å². The first-order valence-electron chi connectivity index (χ1n) is 11.0. The third kappa shape index (κ3) is 3.34. The maximum Gasteiger partial charge on any atom is 0.240 e. The molecule has 0 unspecified atom stereocenters. The van der Waals surface area contributed by atoms with Gasteiger partial charge in [0, 0.05) is 44.2 Å². The number of fused-ring (bicyclic) bond motifs is 2. The molecular weight excluding hydrogens is 354 g/mol. The highest BCUT2D eigenvalue weighted by Gasteiger charge is 2.47. The van der Waals surface area contributed by atoms with Gasteiger partial charge in [-0.1, -0.05) is 13.8 Å². The zero-order chi connectivity index (χ0) is 19.7. The lowest BCUT2D eigenvalue weighted by atomic mass is 9.78. The quantitative estimate of drug-likeness (QED) is 0.825. The van der Waals surface area contributed by atoms with E-state index < -0.39 is 0 Å². The van der Waals surface area contributed by atoms with E-state index in [1.807, 2.05) is 9.80 Å². The summed E-state index contributed by atoms with van der Waals surface area (Å²) in [4.78, 5) is 37.8. The van der Waals surface area contributed by atoms with Crippen molar-refractivity contribution < 1.29 is 9.59 Å². The number of rotatable bonds is 4. The summed E-state index contributed by atoms with van der Waals surface area (Å²) in [5.74, 6) is 0.620. The number of imidazole rings is 1. The normalized spacial score (nSPS) is 24.0. The molecule has 4 heterocycles. The number of carbonyl (C=O) groups excluding carboxylic acids is 2. The Balaban J connectivity index is 1.50. The van der Waals surface area contributed by atoms with Crippen LogP contribution in [-0.2, 0) is 21.5 Å². The molecule has 7 heteroatoms. The Morgan fingerprint density at radius 3 is 2.46 bits per heavy atom. The number of hydrogen-bond donors (Lipinski definition) is 2. The molecule has 0 saturated carbocycles. The SMILES string of the molecule is CCC(CC)C(=O)N1CCC2(CC1)N[C@H](C(=O)N1CCCC1)Cc1[nH]cnc12. The minimum absolute atomic E-state index is 0.124. The van der Waals surface area contributed by atoms with Gasteiger partial charge in [0.05, 0.1) is 23.6 Å². The van der Waals surface area contributed by atoms with Crippen LogP contribution in [0.2, 0.25) is 0 Å². The van der Waals surface area contributed by atoms with Crippen LogP contribution in [0.5, 0.6) is 0 Å². The first kappa shape index (κ1) is 19.4. The largest absolute Gasteiger partial charge is 0.348 e. The van der Waals surface area contributed by atoms with E-state index in [1.54, 1.807) is 6.33 Å². The van der Waals surface area contributed by atoms with Crippen molar-refractivity contribution in [2.24, 2.45) is 5.92 Å². The van der Waals surface area contributed by atoms with Crippen LogP contribution in [0.25, 0.3) is 0 Å². The monoisotopic (exact) mass is 387 g/mol. The van der Waals surface area contributed by atoms with Gasteiger partial charge in [0.15, 0.2) is 0 Å². The summed E-state index contributed by atoms with van der Waals surface area (Å²) in [5, 5.41) is 3.69. The zero-order valence-electron chi connectivity index (χ0n) is 17.2. The van der Waals surface area contributed by atoms with Crippen molar-refractivity contribution in [3.63, 3.8) is 0 Å². The van der Waals surface area contributed by atoms with Crippen LogP contribution in [-0.4, -0.2) is 63.8 Å². The maximum atomic E-state index is 13.1. The molecule has 3 aliphatic heterocycles. The highest BCUT2D eigenvalue weighted by molar-refractivity contribution is 5.83. The number of piperidine rings is 1. The van der Waals surface area contributed by atoms with Crippen molar-refractivity contribution in [3.05, 3.63) is 17.7 Å². The van der Waals surface area contributed by atoms with Gasteiger partial charge in [0.1, 0.15) is 0 Å². The van der Waals surface area contributed by atoms with E-state index in [1.165, 1.54) is 0 Å². The predicted octanol–water partition coefficient (Wildman–Crippen LogP) is 1.80. The van der Waals surface area contributed by atoms with Crippen LogP contribution in [0.4, 0.5) is 0 Å². The fraction of sp³-hybridized carbons (Fsp3) is 0.762. The molecule has 0 radical (unpaired) electrons. The Bertz CT molecular complexity index is 712. The molecular formula is C21H33N5O2. The fourth-order valence-electron chi connectivity index (χ4n) is 5.24. The van der Waals surface area contributed by atoms with E-state index >= 15 is 0 Å². The van der Waals surface area contributed by atoms with Gasteiger partial charge >= 0.3 is 0 Å². The van der Waals surface area contributed by atoms with Crippen LogP contribution in [0.3, 0.4) is 0 Å². The fourth-order valence-corrected chi connectivity index (χ4v) is 5.24. The molecule has 4 rings (SSSR count). The van der Waals surface area contributed by atoms with Crippen molar-refractivity contribution in [3.8, 4) is 0 Å². The van der Waals surface area contributed by atoms with Gasteiger partial charge in [-0.25, -0.2) is 4.98 Å². The van der Waals surface area contributed by atoms with Gasteiger partial charge in [-0.3, -0.25) is 14.9 Å². The van der Waals surface area contributed by atoms with Crippen LogP contribution in [0.15, 0.2) is 6.33 Å². The number of hydrogen-bond acceptors (Lipinski definition) is 4. The molecule has 1 spiro atoms. The smallest absolute Gasteiger partial charge is 0.240 e. The third-order valence-corrected chi connectivity index (χ3v) is 7.01. The molecule has 1 aromatic rings. The third-order valence-electron chi connectivity index (χ3n) is 7.01. The van der Waals surface area contributed by atoms with Gasteiger partial charge in [-0.05, 0) is 38.5 Å². The molecule has 0 bridgehead atoms. The molecule has 2 saturated heterocycles. The minimum Gasteiger partial charge on any atom is -0.348 e. The first-order valence-corrected chi connectivity index (χ1v) is 11.0. The molecule has 1 aromatic heterocycles. The second kappa shape index (κ2) is 7.85. The lowest BCUT2D eigenvalue weighted by molar-refractivity contribution is -0.139. The van der Waals surface area contributed by atoms with Crippen molar-refractivity contribution in [1.82, 2.24) is 25.1 Å². The number of aromatic amines is 1. The Morgan fingerprint density at radius 2 is 1.82 bits per heavy atom. The molecule has 1 atom stereocenters. The van der Waals surface area contributed by atoms with Gasteiger partial charge in [0.2, 0.25) is 11.8 Å². The topological polar surface area (TPSA) is 81.3 Å². The summed E-state index contributed by atoms with van der Waals surface area (Å²) in [6, 6.07) is -0.202. The summed E-state index contributed by atoms with van der Waals surface area (Å²) in [6.45, 7) is 7.36. The average Bonchev–Trinajstić information content (AvgIpc) is 3.41. The van der Waals surface area contributed by atoms with E-state index in [2.05, 4.69) is 29.1 Å². The van der Waals surface area contributed by atoms with Crippen molar-refractivity contribution >= 4 is 11.8 Å². The highest BCUT2D eigenvalue weighted by Crippen LogP contribution is 2.38. The van der Waals surface area contributed by atoms with Crippen LogP contribution >= 0.6 is 0 Å². The summed E-state index contributed by atoms with van der Waals surface area (Å²) in [5.41, 5.74) is 1.82. The molecule has 154 valence electrons. The molecule has 7 nitrogen and oxygen atoms in total. The second-order valence-corrected chi connectivity index (χ2v) is 8.58. The molecule has 2 N–H and O–H groups in total. The van der Waals surface area contributed by atoms with Gasteiger partial charge in [-0.2, -0.15) is 0 Å². The van der Waals surface area contributed by atoms with Crippen molar-refractivity contribution in [2.45, 2.75) is 70.4 Å². The van der Waals surface area contributed by atoms with Crippen LogP contribution in [0, 0.1) is 5.92 Å². The van der Waals surface area contributed by atoms with Crippen molar-refractivity contribution in [1.29, 1.82) is 0 Å². The number of carbonyl (C=O) groups is 2. The Labute approximate surface area is 167 Å². The summed E-state index contributed by atoms with van der Waals surface area (Å²) < 4.78 is 0. The van der Waals surface area contributed by atoms with E-state index in [9.17, 15) is 9.59 Å². The van der Waals surface area contributed by atoms with Gasteiger partial charge in [-0.15, -0.1) is 0 Å². The number of likely N-dealkylation sites (tertiary alicyclic amines) is 2. The lowest BCUT2D eigenvalue weighted by Gasteiger charge is -2.47. The van der Waals surface area contributed by atoms with Gasteiger partial charge < -0.3 is 14.8 Å². The molecule has 2 fully saturated rings. The number of nitrogens with one attached hydrogen (secondary N) is 2. The summed E-state index contributed by atoms with van der Waals surface area (Å²) >= 11 is 0. The molecule has 2 amide bonds. The first-order chi connectivity index (χ1) is 13.6. The summed E-state index contributed by atoms with van der Waals surface area (Å²) in [6.07, 6.45) is 8.02. The Hall–Kier alpha value is -1.89. The second-order valence-electron chi connectivity index (χ2n) is 8.58. The minimum atomic E-state index is -0.307. The van der Waals surface area contributed by atoms with Gasteiger partial charge in [0.25, 0.3) is 0 Å². The van der Waals surface area contributed by atoms with Crippen molar-refractivity contribution in [2.75, 3.05) is 26.2 Å². The number of aromatic nitrogens is 2. The highest BCUT2D eigenvalue weighted by atomic mass is 16.2. The standard InChI is InChI=1S/C21H33N5O2/c1-3-15(4-2)19(27)26-11-7-21(8-12-26)18-16(22-14-23-18)13-17(24-21)20(28)25-9-5-6-10-25/h14-15,17,24H,3-13H2,1-2H3,(H,22,23)/t17-/m0/s1. The van der Waals surface area contributed by atoms with E-state index in [0.29, 0.717) is 6.42 Å². The Morgan fingerprint density at radius 1 is 1.14 bits per heavy atom.